The monoisotopic (exact) mass is 265 g/mol. The van der Waals surface area contributed by atoms with Crippen LogP contribution in [0.4, 0.5) is 5.82 Å². The van der Waals surface area contributed by atoms with E-state index in [9.17, 15) is 0 Å². The lowest BCUT2D eigenvalue weighted by Crippen LogP contribution is -2.50. The number of aryl methyl sites for hydroxylation is 1. The van der Waals surface area contributed by atoms with Crippen LogP contribution in [0.1, 0.15) is 31.8 Å². The van der Waals surface area contributed by atoms with Gasteiger partial charge in [0.05, 0.1) is 12.2 Å². The van der Waals surface area contributed by atoms with Gasteiger partial charge in [-0.1, -0.05) is 6.92 Å². The molecule has 0 aliphatic carbocycles. The van der Waals surface area contributed by atoms with E-state index in [1.165, 1.54) is 0 Å². The summed E-state index contributed by atoms with van der Waals surface area (Å²) in [5.41, 5.74) is 0.889. The van der Waals surface area contributed by atoms with Crippen LogP contribution in [0, 0.1) is 6.92 Å². The highest BCUT2D eigenvalue weighted by Gasteiger charge is 2.31. The standard InChI is InChI=1S/C14H23N3O2/c1-5-14(3)10-17(6-7-19-14)13-8-11(2)15-12(16-13)9-18-4/h8H,5-7,9-10H2,1-4H3. The summed E-state index contributed by atoms with van der Waals surface area (Å²) in [6.45, 7) is 9.24. The summed E-state index contributed by atoms with van der Waals surface area (Å²) >= 11 is 0. The number of hydrogen-bond donors (Lipinski definition) is 0. The number of anilines is 1. The van der Waals surface area contributed by atoms with E-state index in [2.05, 4.69) is 28.7 Å². The number of morpholine rings is 1. The largest absolute Gasteiger partial charge is 0.377 e. The minimum Gasteiger partial charge on any atom is -0.377 e. The molecule has 1 atom stereocenters. The Morgan fingerprint density at radius 1 is 1.47 bits per heavy atom. The van der Waals surface area contributed by atoms with Crippen molar-refractivity contribution in [1.82, 2.24) is 9.97 Å². The summed E-state index contributed by atoms with van der Waals surface area (Å²) in [5.74, 6) is 1.71. The first-order valence-electron chi connectivity index (χ1n) is 6.79. The lowest BCUT2D eigenvalue weighted by atomic mass is 10.0. The molecule has 1 aliphatic rings. The van der Waals surface area contributed by atoms with Crippen molar-refractivity contribution in [1.29, 1.82) is 0 Å². The Kier molecular flexibility index (Phi) is 4.37. The maximum absolute atomic E-state index is 5.86. The van der Waals surface area contributed by atoms with Crippen LogP contribution in [-0.4, -0.2) is 42.4 Å². The molecule has 2 heterocycles. The average Bonchev–Trinajstić information content (AvgIpc) is 2.38. The third-order valence-electron chi connectivity index (χ3n) is 3.57. The molecule has 106 valence electrons. The van der Waals surface area contributed by atoms with E-state index in [0.29, 0.717) is 6.61 Å². The van der Waals surface area contributed by atoms with Gasteiger partial charge in [0.15, 0.2) is 5.82 Å². The van der Waals surface area contributed by atoms with Gasteiger partial charge in [0.25, 0.3) is 0 Å². The zero-order valence-corrected chi connectivity index (χ0v) is 12.3. The van der Waals surface area contributed by atoms with Crippen molar-refractivity contribution in [3.05, 3.63) is 17.6 Å². The molecule has 0 saturated carbocycles. The highest BCUT2D eigenvalue weighted by Crippen LogP contribution is 2.24. The fourth-order valence-corrected chi connectivity index (χ4v) is 2.31. The predicted molar refractivity (Wildman–Crippen MR) is 74.3 cm³/mol. The second-order valence-corrected chi connectivity index (χ2v) is 5.29. The maximum atomic E-state index is 5.86. The molecule has 1 aromatic heterocycles. The average molecular weight is 265 g/mol. The van der Waals surface area contributed by atoms with Crippen molar-refractivity contribution in [2.24, 2.45) is 0 Å². The third kappa shape index (κ3) is 3.42. The van der Waals surface area contributed by atoms with Gasteiger partial charge in [0.1, 0.15) is 12.4 Å². The van der Waals surface area contributed by atoms with E-state index >= 15 is 0 Å². The summed E-state index contributed by atoms with van der Waals surface area (Å²) < 4.78 is 11.0. The Hall–Kier alpha value is -1.20. The van der Waals surface area contributed by atoms with Gasteiger partial charge in [-0.2, -0.15) is 0 Å². The molecule has 0 N–H and O–H groups in total. The molecule has 5 nitrogen and oxygen atoms in total. The summed E-state index contributed by atoms with van der Waals surface area (Å²) in [4.78, 5) is 11.2. The minimum absolute atomic E-state index is 0.0848. The van der Waals surface area contributed by atoms with E-state index < -0.39 is 0 Å². The third-order valence-corrected chi connectivity index (χ3v) is 3.57. The first-order chi connectivity index (χ1) is 9.06. The topological polar surface area (TPSA) is 47.5 Å². The summed E-state index contributed by atoms with van der Waals surface area (Å²) in [6.07, 6.45) is 0.999. The van der Waals surface area contributed by atoms with Crippen LogP contribution in [-0.2, 0) is 16.1 Å². The molecular formula is C14H23N3O2. The molecule has 2 rings (SSSR count). The molecule has 1 saturated heterocycles. The molecule has 1 aliphatic heterocycles. The van der Waals surface area contributed by atoms with Gasteiger partial charge in [0.2, 0.25) is 0 Å². The first kappa shape index (κ1) is 14.2. The van der Waals surface area contributed by atoms with E-state index in [1.807, 2.05) is 13.0 Å². The lowest BCUT2D eigenvalue weighted by Gasteiger charge is -2.40. The number of hydrogen-bond acceptors (Lipinski definition) is 5. The Balaban J connectivity index is 2.21. The fraction of sp³-hybridized carbons (Fsp3) is 0.714. The smallest absolute Gasteiger partial charge is 0.156 e. The van der Waals surface area contributed by atoms with E-state index in [1.54, 1.807) is 7.11 Å². The lowest BCUT2D eigenvalue weighted by molar-refractivity contribution is -0.0443. The van der Waals surface area contributed by atoms with E-state index in [0.717, 1.165) is 43.5 Å². The van der Waals surface area contributed by atoms with Crippen LogP contribution in [0.2, 0.25) is 0 Å². The van der Waals surface area contributed by atoms with Gasteiger partial charge >= 0.3 is 0 Å². The Labute approximate surface area is 115 Å². The molecular weight excluding hydrogens is 242 g/mol. The van der Waals surface area contributed by atoms with Crippen molar-refractivity contribution < 1.29 is 9.47 Å². The zero-order valence-electron chi connectivity index (χ0n) is 12.3. The minimum atomic E-state index is -0.0848. The van der Waals surface area contributed by atoms with Crippen LogP contribution < -0.4 is 4.90 Å². The van der Waals surface area contributed by atoms with Gasteiger partial charge < -0.3 is 14.4 Å². The highest BCUT2D eigenvalue weighted by molar-refractivity contribution is 5.40. The van der Waals surface area contributed by atoms with Gasteiger partial charge in [-0.25, -0.2) is 9.97 Å². The number of methoxy groups -OCH3 is 1. The molecule has 1 aromatic rings. The Morgan fingerprint density at radius 3 is 2.95 bits per heavy atom. The van der Waals surface area contributed by atoms with Crippen molar-refractivity contribution in [2.75, 3.05) is 31.7 Å². The molecule has 0 aromatic carbocycles. The highest BCUT2D eigenvalue weighted by atomic mass is 16.5. The predicted octanol–water partition coefficient (Wildman–Crippen LogP) is 1.94. The van der Waals surface area contributed by atoms with Crippen LogP contribution in [0.3, 0.4) is 0 Å². The van der Waals surface area contributed by atoms with E-state index in [4.69, 9.17) is 9.47 Å². The van der Waals surface area contributed by atoms with Gasteiger partial charge in [0, 0.05) is 32.0 Å². The second-order valence-electron chi connectivity index (χ2n) is 5.29. The zero-order chi connectivity index (χ0) is 13.9. The second kappa shape index (κ2) is 5.84. The summed E-state index contributed by atoms with van der Waals surface area (Å²) in [5, 5.41) is 0. The van der Waals surface area contributed by atoms with E-state index in [-0.39, 0.29) is 5.60 Å². The van der Waals surface area contributed by atoms with Crippen molar-refractivity contribution >= 4 is 5.82 Å². The van der Waals surface area contributed by atoms with Crippen LogP contribution >= 0.6 is 0 Å². The molecule has 19 heavy (non-hydrogen) atoms. The SMILES string of the molecule is CCC1(C)CN(c2cc(C)nc(COC)n2)CCO1. The molecule has 5 heteroatoms. The number of rotatable bonds is 4. The van der Waals surface area contributed by atoms with Gasteiger partial charge in [-0.3, -0.25) is 0 Å². The Bertz CT molecular complexity index is 439. The van der Waals surface area contributed by atoms with Crippen molar-refractivity contribution in [3.8, 4) is 0 Å². The molecule has 0 spiro atoms. The molecule has 1 fully saturated rings. The fourth-order valence-electron chi connectivity index (χ4n) is 2.31. The molecule has 1 unspecified atom stereocenters. The van der Waals surface area contributed by atoms with Gasteiger partial charge in [-0.05, 0) is 20.3 Å². The number of ether oxygens (including phenoxy) is 2. The molecule has 0 radical (unpaired) electrons. The van der Waals surface area contributed by atoms with Crippen molar-refractivity contribution in [3.63, 3.8) is 0 Å². The summed E-state index contributed by atoms with van der Waals surface area (Å²) in [7, 11) is 1.66. The van der Waals surface area contributed by atoms with Crippen molar-refractivity contribution in [2.45, 2.75) is 39.4 Å². The quantitative estimate of drug-likeness (QED) is 0.832. The maximum Gasteiger partial charge on any atom is 0.156 e. The van der Waals surface area contributed by atoms with Crippen LogP contribution in [0.15, 0.2) is 6.07 Å². The summed E-state index contributed by atoms with van der Waals surface area (Å²) in [6, 6.07) is 2.03. The normalized spacial score (nSPS) is 23.7. The number of nitrogens with zero attached hydrogens (tertiary/aromatic N) is 3. The van der Waals surface area contributed by atoms with Gasteiger partial charge in [-0.15, -0.1) is 0 Å². The Morgan fingerprint density at radius 2 is 2.26 bits per heavy atom. The van der Waals surface area contributed by atoms with Crippen LogP contribution in [0.5, 0.6) is 0 Å². The molecule has 0 amide bonds. The first-order valence-corrected chi connectivity index (χ1v) is 6.79. The molecule has 0 bridgehead atoms. The number of aromatic nitrogens is 2. The van der Waals surface area contributed by atoms with Crippen LogP contribution in [0.25, 0.3) is 0 Å².